The average Bonchev–Trinajstić information content (AvgIpc) is 1.30. The first-order valence-electron chi connectivity index (χ1n) is 1.77. The van der Waals surface area contributed by atoms with E-state index in [1.54, 1.807) is 0 Å². The minimum Gasteiger partial charge on any atom is -0.336 e. The number of hydrogen-bond donors (Lipinski definition) is 2. The summed E-state index contributed by atoms with van der Waals surface area (Å²) in [6.07, 6.45) is -4.10. The zero-order chi connectivity index (χ0) is 5.91. The minimum atomic E-state index is -3.53. The summed E-state index contributed by atoms with van der Waals surface area (Å²) < 4.78 is 22.5. The second kappa shape index (κ2) is 2.47. The Bertz CT molecular complexity index is 51.4. The molecule has 0 spiro atoms. The number of rotatable bonds is 2. The second-order valence-electron chi connectivity index (χ2n) is 1.14. The lowest BCUT2D eigenvalue weighted by Gasteiger charge is -2.03. The lowest BCUT2D eigenvalue weighted by molar-refractivity contribution is -0.198. The molecule has 0 heterocycles. The highest BCUT2D eigenvalue weighted by Crippen LogP contribution is 2.12. The highest BCUT2D eigenvalue weighted by atomic mass is 32.1. The Labute approximate surface area is 45.7 Å². The van der Waals surface area contributed by atoms with E-state index in [2.05, 4.69) is 12.6 Å². The van der Waals surface area contributed by atoms with Crippen molar-refractivity contribution in [2.45, 2.75) is 12.5 Å². The Morgan fingerprint density at radius 3 is 2.00 bits per heavy atom. The van der Waals surface area contributed by atoms with Crippen LogP contribution in [0.4, 0.5) is 8.78 Å². The number of aliphatic hydroxyl groups is 1. The molecule has 0 radical (unpaired) electrons. The van der Waals surface area contributed by atoms with Gasteiger partial charge in [-0.2, -0.15) is 21.4 Å². The van der Waals surface area contributed by atoms with Crippen molar-refractivity contribution in [1.82, 2.24) is 0 Å². The molecule has 0 aliphatic rings. The number of alkyl halides is 2. The Morgan fingerprint density at radius 1 is 1.57 bits per heavy atom. The topological polar surface area (TPSA) is 20.2 Å². The summed E-state index contributed by atoms with van der Waals surface area (Å²) >= 11 is 3.47. The molecule has 0 aromatic heterocycles. The molecule has 0 saturated heterocycles. The van der Waals surface area contributed by atoms with Gasteiger partial charge in [0.2, 0.25) is 0 Å². The number of thiol groups is 1. The second-order valence-corrected chi connectivity index (χ2v) is 1.59. The molecule has 1 N–H and O–H groups in total. The van der Waals surface area contributed by atoms with Gasteiger partial charge >= 0.3 is 6.11 Å². The van der Waals surface area contributed by atoms with Gasteiger partial charge in [-0.3, -0.25) is 0 Å². The molecule has 0 bridgehead atoms. The van der Waals surface area contributed by atoms with E-state index in [4.69, 9.17) is 5.11 Å². The Kier molecular flexibility index (Phi) is 2.53. The molecule has 7 heavy (non-hydrogen) atoms. The van der Waals surface area contributed by atoms with Gasteiger partial charge in [-0.25, -0.2) is 0 Å². The van der Waals surface area contributed by atoms with E-state index in [0.29, 0.717) is 0 Å². The summed E-state index contributed by atoms with van der Waals surface area (Å²) in [5, 5.41) is 7.64. The van der Waals surface area contributed by atoms with Gasteiger partial charge in [-0.15, -0.1) is 0 Å². The molecule has 0 aromatic carbocycles. The fraction of sp³-hybridized carbons (Fsp3) is 1.00. The molecule has 1 nitrogen and oxygen atoms in total. The van der Waals surface area contributed by atoms with Gasteiger partial charge in [0.15, 0.2) is 0 Å². The monoisotopic (exact) mass is 128 g/mol. The standard InChI is InChI=1S/C3H6F2OS/c4-3(5,6)1-2-7/h6-7H,1-2H2. The van der Waals surface area contributed by atoms with Crippen molar-refractivity contribution in [3.8, 4) is 0 Å². The summed E-state index contributed by atoms with van der Waals surface area (Å²) in [5.41, 5.74) is 0. The predicted molar refractivity (Wildman–Crippen MR) is 25.6 cm³/mol. The van der Waals surface area contributed by atoms with Crippen molar-refractivity contribution in [1.29, 1.82) is 0 Å². The molecule has 0 unspecified atom stereocenters. The van der Waals surface area contributed by atoms with E-state index >= 15 is 0 Å². The first-order valence-corrected chi connectivity index (χ1v) is 2.40. The molecule has 0 atom stereocenters. The zero-order valence-electron chi connectivity index (χ0n) is 3.56. The molecule has 0 aromatic rings. The molecular weight excluding hydrogens is 122 g/mol. The van der Waals surface area contributed by atoms with Crippen molar-refractivity contribution < 1.29 is 13.9 Å². The van der Waals surface area contributed by atoms with Crippen LogP contribution in [0.5, 0.6) is 0 Å². The van der Waals surface area contributed by atoms with Crippen LogP contribution in [0.1, 0.15) is 6.42 Å². The summed E-state index contributed by atoms with van der Waals surface area (Å²) in [6, 6.07) is 0. The summed E-state index contributed by atoms with van der Waals surface area (Å²) in [6.45, 7) is 0. The van der Waals surface area contributed by atoms with Crippen LogP contribution in [0.25, 0.3) is 0 Å². The molecule has 0 fully saturated rings. The largest absolute Gasteiger partial charge is 0.354 e. The molecule has 44 valence electrons. The van der Waals surface area contributed by atoms with Gasteiger partial charge in [-0.1, -0.05) is 0 Å². The van der Waals surface area contributed by atoms with E-state index in [-0.39, 0.29) is 5.75 Å². The van der Waals surface area contributed by atoms with Gasteiger partial charge in [0.25, 0.3) is 0 Å². The smallest absolute Gasteiger partial charge is 0.336 e. The molecule has 4 heteroatoms. The maximum absolute atomic E-state index is 11.2. The van der Waals surface area contributed by atoms with Gasteiger partial charge in [0, 0.05) is 6.42 Å². The highest BCUT2D eigenvalue weighted by Gasteiger charge is 2.21. The molecule has 0 aliphatic heterocycles. The van der Waals surface area contributed by atoms with Crippen molar-refractivity contribution in [3.63, 3.8) is 0 Å². The van der Waals surface area contributed by atoms with Crippen LogP contribution in [0, 0.1) is 0 Å². The van der Waals surface area contributed by atoms with Crippen LogP contribution in [0.3, 0.4) is 0 Å². The highest BCUT2D eigenvalue weighted by molar-refractivity contribution is 7.80. The average molecular weight is 128 g/mol. The SMILES string of the molecule is OC(F)(F)CCS. The van der Waals surface area contributed by atoms with Crippen molar-refractivity contribution in [2.75, 3.05) is 5.75 Å². The summed E-state index contributed by atoms with van der Waals surface area (Å²) in [7, 11) is 0. The van der Waals surface area contributed by atoms with Gasteiger partial charge < -0.3 is 5.11 Å². The van der Waals surface area contributed by atoms with Crippen LogP contribution in [0.2, 0.25) is 0 Å². The maximum Gasteiger partial charge on any atom is 0.354 e. The predicted octanol–water partition coefficient (Wildman–Crippen LogP) is 0.891. The van der Waals surface area contributed by atoms with Gasteiger partial charge in [-0.05, 0) is 5.75 Å². The first kappa shape index (κ1) is 7.17. The Hall–Kier alpha value is 0.170. The van der Waals surface area contributed by atoms with E-state index in [9.17, 15) is 8.78 Å². The van der Waals surface area contributed by atoms with E-state index < -0.39 is 12.5 Å². The normalized spacial score (nSPS) is 12.0. The lowest BCUT2D eigenvalue weighted by atomic mass is 10.5. The third-order valence-corrected chi connectivity index (χ3v) is 0.636. The quantitative estimate of drug-likeness (QED) is 0.529. The minimum absolute atomic E-state index is 0.00347. The van der Waals surface area contributed by atoms with Crippen molar-refractivity contribution in [3.05, 3.63) is 0 Å². The fourth-order valence-corrected chi connectivity index (χ4v) is 0.404. The number of hydrogen-bond acceptors (Lipinski definition) is 2. The summed E-state index contributed by atoms with van der Waals surface area (Å²) in [4.78, 5) is 0. The summed E-state index contributed by atoms with van der Waals surface area (Å²) in [5.74, 6) is 0.00347. The van der Waals surface area contributed by atoms with Gasteiger partial charge in [0.05, 0.1) is 0 Å². The first-order chi connectivity index (χ1) is 3.06. The maximum atomic E-state index is 11.2. The van der Waals surface area contributed by atoms with Crippen LogP contribution < -0.4 is 0 Å². The Morgan fingerprint density at radius 2 is 2.00 bits per heavy atom. The van der Waals surface area contributed by atoms with Crippen LogP contribution in [-0.4, -0.2) is 17.0 Å². The van der Waals surface area contributed by atoms with Crippen LogP contribution in [0.15, 0.2) is 0 Å². The molecule has 0 rings (SSSR count). The molecule has 0 aliphatic carbocycles. The molecule has 0 saturated carbocycles. The lowest BCUT2D eigenvalue weighted by Crippen LogP contribution is -2.14. The molecular formula is C3H6F2OS. The number of halogens is 2. The van der Waals surface area contributed by atoms with E-state index in [1.807, 2.05) is 0 Å². The zero-order valence-corrected chi connectivity index (χ0v) is 4.46. The van der Waals surface area contributed by atoms with Crippen molar-refractivity contribution in [2.24, 2.45) is 0 Å². The molecule has 0 amide bonds. The third kappa shape index (κ3) is 6.17. The third-order valence-electron chi connectivity index (χ3n) is 0.413. The fourth-order valence-electron chi connectivity index (χ4n) is 0.135. The van der Waals surface area contributed by atoms with Crippen molar-refractivity contribution >= 4 is 12.6 Å². The van der Waals surface area contributed by atoms with Crippen LogP contribution in [-0.2, 0) is 0 Å². The van der Waals surface area contributed by atoms with Gasteiger partial charge in [0.1, 0.15) is 0 Å². The van der Waals surface area contributed by atoms with E-state index in [0.717, 1.165) is 0 Å². The van der Waals surface area contributed by atoms with Crippen LogP contribution >= 0.6 is 12.6 Å². The van der Waals surface area contributed by atoms with E-state index in [1.165, 1.54) is 0 Å². The Balaban J connectivity index is 3.15.